The molecular formula is C28H32N2O3S. The quantitative estimate of drug-likeness (QED) is 0.298. The van der Waals surface area contributed by atoms with Gasteiger partial charge in [-0.2, -0.15) is 0 Å². The van der Waals surface area contributed by atoms with E-state index in [0.29, 0.717) is 13.2 Å². The zero-order valence-electron chi connectivity index (χ0n) is 20.1. The Balaban J connectivity index is 1.37. The predicted molar refractivity (Wildman–Crippen MR) is 138 cm³/mol. The third kappa shape index (κ3) is 5.75. The van der Waals surface area contributed by atoms with Crippen molar-refractivity contribution in [3.63, 3.8) is 0 Å². The summed E-state index contributed by atoms with van der Waals surface area (Å²) in [6.07, 6.45) is 1.65. The highest BCUT2D eigenvalue weighted by molar-refractivity contribution is 7.13. The second-order valence-corrected chi connectivity index (χ2v) is 9.92. The van der Waals surface area contributed by atoms with Gasteiger partial charge in [0.05, 0.1) is 11.6 Å². The lowest BCUT2D eigenvalue weighted by Gasteiger charge is -2.18. The minimum absolute atomic E-state index is 0.244. The Labute approximate surface area is 205 Å². The van der Waals surface area contributed by atoms with Crippen LogP contribution in [0.25, 0.3) is 10.4 Å². The number of carboxylic acid groups (broad SMARTS) is 1. The zero-order valence-corrected chi connectivity index (χ0v) is 20.9. The molecule has 1 aliphatic heterocycles. The Morgan fingerprint density at radius 2 is 2.06 bits per heavy atom. The minimum Gasteiger partial charge on any atom is -0.481 e. The van der Waals surface area contributed by atoms with Crippen LogP contribution >= 0.6 is 11.3 Å². The van der Waals surface area contributed by atoms with E-state index in [0.717, 1.165) is 42.8 Å². The van der Waals surface area contributed by atoms with Gasteiger partial charge in [0.15, 0.2) is 0 Å². The van der Waals surface area contributed by atoms with Crippen molar-refractivity contribution in [1.29, 1.82) is 0 Å². The second-order valence-electron chi connectivity index (χ2n) is 8.97. The van der Waals surface area contributed by atoms with Crippen LogP contribution in [0.1, 0.15) is 48.1 Å². The van der Waals surface area contributed by atoms with E-state index >= 15 is 0 Å². The van der Waals surface area contributed by atoms with E-state index in [9.17, 15) is 9.90 Å². The molecule has 2 aromatic carbocycles. The molecule has 3 aromatic rings. The van der Waals surface area contributed by atoms with E-state index in [1.807, 2.05) is 6.92 Å². The lowest BCUT2D eigenvalue weighted by Crippen LogP contribution is -2.23. The van der Waals surface area contributed by atoms with Gasteiger partial charge in [0, 0.05) is 18.0 Å². The highest BCUT2D eigenvalue weighted by atomic mass is 32.1. The minimum atomic E-state index is -0.686. The Morgan fingerprint density at radius 1 is 1.21 bits per heavy atom. The maximum atomic E-state index is 11.2. The van der Waals surface area contributed by atoms with Gasteiger partial charge in [0.2, 0.25) is 0 Å². The molecule has 1 fully saturated rings. The van der Waals surface area contributed by atoms with Crippen LogP contribution in [0.5, 0.6) is 0 Å². The Bertz CT molecular complexity index is 1170. The number of benzene rings is 2. The van der Waals surface area contributed by atoms with Gasteiger partial charge in [-0.05, 0) is 84.1 Å². The first-order valence-electron chi connectivity index (χ1n) is 11.8. The van der Waals surface area contributed by atoms with Crippen LogP contribution in [0.15, 0.2) is 59.1 Å². The van der Waals surface area contributed by atoms with Crippen LogP contribution in [-0.2, 0) is 29.2 Å². The molecule has 4 rings (SSSR count). The fourth-order valence-electron chi connectivity index (χ4n) is 4.53. The molecule has 5 nitrogen and oxygen atoms in total. The van der Waals surface area contributed by atoms with Crippen molar-refractivity contribution in [2.75, 3.05) is 13.1 Å². The van der Waals surface area contributed by atoms with Gasteiger partial charge in [-0.15, -0.1) is 11.3 Å². The predicted octanol–water partition coefficient (Wildman–Crippen LogP) is 6.13. The first-order valence-corrected chi connectivity index (χ1v) is 12.7. The summed E-state index contributed by atoms with van der Waals surface area (Å²) < 4.78 is 0. The number of hydrogen-bond donors (Lipinski definition) is 1. The van der Waals surface area contributed by atoms with Gasteiger partial charge in [0.25, 0.3) is 0 Å². The van der Waals surface area contributed by atoms with E-state index in [-0.39, 0.29) is 5.92 Å². The molecule has 2 heterocycles. The molecule has 6 heteroatoms. The summed E-state index contributed by atoms with van der Waals surface area (Å²) in [6.45, 7) is 8.94. The molecule has 1 aliphatic rings. The Kier molecular flexibility index (Phi) is 7.80. The van der Waals surface area contributed by atoms with E-state index in [2.05, 4.69) is 77.8 Å². The number of likely N-dealkylation sites (tertiary alicyclic amines) is 1. The van der Waals surface area contributed by atoms with Crippen LogP contribution < -0.4 is 0 Å². The number of hydrogen-bond acceptors (Lipinski definition) is 5. The molecular weight excluding hydrogens is 444 g/mol. The highest BCUT2D eigenvalue weighted by Crippen LogP contribution is 2.28. The van der Waals surface area contributed by atoms with E-state index in [1.54, 1.807) is 11.3 Å². The van der Waals surface area contributed by atoms with E-state index in [1.165, 1.54) is 27.1 Å². The molecule has 1 unspecified atom stereocenters. The molecule has 0 spiro atoms. The van der Waals surface area contributed by atoms with Crippen molar-refractivity contribution in [3.8, 4) is 10.4 Å². The summed E-state index contributed by atoms with van der Waals surface area (Å²) in [7, 11) is 0. The summed E-state index contributed by atoms with van der Waals surface area (Å²) in [5.41, 5.74) is 8.02. The molecule has 1 N–H and O–H groups in total. The largest absolute Gasteiger partial charge is 0.481 e. The Hall–Kier alpha value is -2.96. The van der Waals surface area contributed by atoms with Crippen LogP contribution in [0.3, 0.4) is 0 Å². The number of thiophene rings is 1. The van der Waals surface area contributed by atoms with E-state index < -0.39 is 5.97 Å². The number of oxime groups is 1. The maximum Gasteiger partial charge on any atom is 0.307 e. The van der Waals surface area contributed by atoms with Crippen molar-refractivity contribution in [2.45, 2.75) is 46.8 Å². The van der Waals surface area contributed by atoms with Gasteiger partial charge in [-0.1, -0.05) is 48.5 Å². The molecule has 34 heavy (non-hydrogen) atoms. The zero-order chi connectivity index (χ0) is 24.1. The summed E-state index contributed by atoms with van der Waals surface area (Å²) in [6, 6.07) is 17.1. The third-order valence-corrected chi connectivity index (χ3v) is 7.43. The smallest absolute Gasteiger partial charge is 0.307 e. The highest BCUT2D eigenvalue weighted by Gasteiger charge is 2.28. The lowest BCUT2D eigenvalue weighted by atomic mass is 9.99. The molecule has 0 radical (unpaired) electrons. The first-order chi connectivity index (χ1) is 16.4. The molecule has 1 saturated heterocycles. The topological polar surface area (TPSA) is 62.1 Å². The standard InChI is InChI=1S/C28H32N2O3S/c1-4-22-15-23(8-9-24(22)16-30-12-11-25(17-30)28(31)32)20(3)29-33-18-21-7-10-26(19(2)14-21)27-6-5-13-34-27/h5-10,13-15,25H,4,11-12,16-18H2,1-3H3,(H,31,32). The molecule has 0 amide bonds. The number of carbonyl (C=O) groups is 1. The normalized spacial score (nSPS) is 16.7. The Morgan fingerprint density at radius 3 is 2.74 bits per heavy atom. The van der Waals surface area contributed by atoms with E-state index in [4.69, 9.17) is 4.84 Å². The van der Waals surface area contributed by atoms with Crippen LogP contribution in [0.4, 0.5) is 0 Å². The second kappa shape index (κ2) is 11.0. The van der Waals surface area contributed by atoms with Crippen molar-refractivity contribution in [1.82, 2.24) is 4.90 Å². The number of carboxylic acids is 1. The molecule has 0 aliphatic carbocycles. The number of aliphatic carboxylic acids is 1. The monoisotopic (exact) mass is 476 g/mol. The summed E-state index contributed by atoms with van der Waals surface area (Å²) in [4.78, 5) is 20.5. The van der Waals surface area contributed by atoms with Gasteiger partial charge < -0.3 is 9.94 Å². The van der Waals surface area contributed by atoms with Crippen molar-refractivity contribution >= 4 is 23.0 Å². The SMILES string of the molecule is CCc1cc(C(C)=NOCc2ccc(-c3cccs3)c(C)c2)ccc1CN1CCC(C(=O)O)C1. The average Bonchev–Trinajstić information content (AvgIpc) is 3.52. The molecule has 0 bridgehead atoms. The summed E-state index contributed by atoms with van der Waals surface area (Å²) in [5, 5.41) is 15.7. The van der Waals surface area contributed by atoms with Crippen molar-refractivity contribution in [2.24, 2.45) is 11.1 Å². The molecule has 178 valence electrons. The van der Waals surface area contributed by atoms with Crippen molar-refractivity contribution in [3.05, 3.63) is 81.7 Å². The summed E-state index contributed by atoms with van der Waals surface area (Å²) in [5.74, 6) is -0.930. The maximum absolute atomic E-state index is 11.2. The van der Waals surface area contributed by atoms with Crippen LogP contribution in [0.2, 0.25) is 0 Å². The lowest BCUT2D eigenvalue weighted by molar-refractivity contribution is -0.141. The fraction of sp³-hybridized carbons (Fsp3) is 0.357. The number of nitrogens with zero attached hydrogens (tertiary/aromatic N) is 2. The van der Waals surface area contributed by atoms with Crippen LogP contribution in [-0.4, -0.2) is 34.8 Å². The van der Waals surface area contributed by atoms with Gasteiger partial charge in [-0.25, -0.2) is 0 Å². The van der Waals surface area contributed by atoms with Gasteiger partial charge in [0.1, 0.15) is 6.61 Å². The van der Waals surface area contributed by atoms with Gasteiger partial charge in [-0.3, -0.25) is 9.69 Å². The van der Waals surface area contributed by atoms with Gasteiger partial charge >= 0.3 is 5.97 Å². The molecule has 0 saturated carbocycles. The first kappa shape index (κ1) is 24.2. The molecule has 1 atom stereocenters. The fourth-order valence-corrected chi connectivity index (χ4v) is 5.35. The molecule has 1 aromatic heterocycles. The number of aryl methyl sites for hydroxylation is 2. The average molecular weight is 477 g/mol. The third-order valence-electron chi connectivity index (χ3n) is 6.53. The number of rotatable bonds is 9. The summed E-state index contributed by atoms with van der Waals surface area (Å²) >= 11 is 1.75. The van der Waals surface area contributed by atoms with Crippen molar-refractivity contribution < 1.29 is 14.7 Å². The van der Waals surface area contributed by atoms with Crippen LogP contribution in [0, 0.1) is 12.8 Å².